The molecule has 2 aromatic carbocycles. The van der Waals surface area contributed by atoms with Gasteiger partial charge >= 0.3 is 0 Å². The fraction of sp³-hybridized carbons (Fsp3) is 0.118. The smallest absolute Gasteiger partial charge is 0.163 e. The lowest BCUT2D eigenvalue weighted by molar-refractivity contribution is 0.0989. The van der Waals surface area contributed by atoms with Gasteiger partial charge in [0.1, 0.15) is 11.4 Å². The highest BCUT2D eigenvalue weighted by molar-refractivity contribution is 7.99. The van der Waals surface area contributed by atoms with Gasteiger partial charge in [-0.3, -0.25) is 4.79 Å². The van der Waals surface area contributed by atoms with Crippen LogP contribution >= 0.6 is 11.8 Å². The number of carbonyl (C=O) groups is 1. The number of fused-ring (bicyclic) bond motifs is 1. The minimum atomic E-state index is 0.168. The first-order chi connectivity index (χ1) is 10.3. The topological polar surface area (TPSA) is 42.9 Å². The lowest BCUT2D eigenvalue weighted by Crippen LogP contribution is -2.00. The molecule has 0 amide bonds. The van der Waals surface area contributed by atoms with Crippen LogP contribution in [-0.4, -0.2) is 21.5 Å². The summed E-state index contributed by atoms with van der Waals surface area (Å²) in [4.78, 5) is 20.6. The van der Waals surface area contributed by atoms with Gasteiger partial charge in [0.25, 0.3) is 0 Å². The number of nitrogens with zero attached hydrogens (tertiary/aromatic N) is 2. The minimum absolute atomic E-state index is 0.168. The molecular weight excluding hydrogens is 280 g/mol. The van der Waals surface area contributed by atoms with Crippen molar-refractivity contribution in [3.8, 4) is 0 Å². The zero-order valence-corrected chi connectivity index (χ0v) is 12.2. The molecule has 21 heavy (non-hydrogen) atoms. The fourth-order valence-electron chi connectivity index (χ4n) is 2.10. The molecule has 0 aliphatic rings. The van der Waals surface area contributed by atoms with Crippen LogP contribution in [0.5, 0.6) is 0 Å². The number of para-hydroxylation sites is 1. The molecule has 0 saturated carbocycles. The number of Topliss-reactive ketones (excluding diaryl/α,β-unsaturated/α-hetero) is 1. The highest BCUT2D eigenvalue weighted by Gasteiger charge is 2.07. The van der Waals surface area contributed by atoms with Crippen LogP contribution < -0.4 is 0 Å². The highest BCUT2D eigenvalue weighted by atomic mass is 32.2. The molecule has 3 nitrogen and oxygen atoms in total. The summed E-state index contributed by atoms with van der Waals surface area (Å²) in [6.07, 6.45) is 2.08. The SMILES string of the molecule is O=C(CCSc1ncnc2ccccc12)c1ccccc1. The molecule has 0 radical (unpaired) electrons. The summed E-state index contributed by atoms with van der Waals surface area (Å²) in [5.74, 6) is 0.885. The zero-order valence-electron chi connectivity index (χ0n) is 11.4. The van der Waals surface area contributed by atoms with E-state index in [-0.39, 0.29) is 5.78 Å². The molecule has 0 N–H and O–H groups in total. The van der Waals surface area contributed by atoms with E-state index in [4.69, 9.17) is 0 Å². The van der Waals surface area contributed by atoms with Crippen molar-refractivity contribution in [3.05, 3.63) is 66.5 Å². The Balaban J connectivity index is 1.66. The van der Waals surface area contributed by atoms with Gasteiger partial charge in [0.15, 0.2) is 5.78 Å². The van der Waals surface area contributed by atoms with Crippen molar-refractivity contribution in [1.29, 1.82) is 0 Å². The maximum Gasteiger partial charge on any atom is 0.163 e. The third-order valence-corrected chi connectivity index (χ3v) is 4.18. The predicted octanol–water partition coefficient (Wildman–Crippen LogP) is 3.99. The van der Waals surface area contributed by atoms with E-state index in [9.17, 15) is 4.79 Å². The number of hydrogen-bond acceptors (Lipinski definition) is 4. The lowest BCUT2D eigenvalue weighted by atomic mass is 10.1. The molecule has 0 bridgehead atoms. The van der Waals surface area contributed by atoms with Gasteiger partial charge < -0.3 is 0 Å². The summed E-state index contributed by atoms with van der Waals surface area (Å²) in [6, 6.07) is 17.3. The molecule has 0 atom stereocenters. The number of rotatable bonds is 5. The fourth-order valence-corrected chi connectivity index (χ4v) is 3.03. The molecule has 0 fully saturated rings. The Hall–Kier alpha value is -2.20. The van der Waals surface area contributed by atoms with Crippen LogP contribution in [0.2, 0.25) is 0 Å². The normalized spacial score (nSPS) is 10.7. The van der Waals surface area contributed by atoms with Crippen LogP contribution in [0.1, 0.15) is 16.8 Å². The van der Waals surface area contributed by atoms with Crippen LogP contribution in [0, 0.1) is 0 Å². The van der Waals surface area contributed by atoms with E-state index < -0.39 is 0 Å². The van der Waals surface area contributed by atoms with Gasteiger partial charge in [-0.05, 0) is 6.07 Å². The first-order valence-corrected chi connectivity index (χ1v) is 7.74. The average molecular weight is 294 g/mol. The van der Waals surface area contributed by atoms with Crippen LogP contribution in [0.15, 0.2) is 66.0 Å². The number of ketones is 1. The van der Waals surface area contributed by atoms with Crippen molar-refractivity contribution < 1.29 is 4.79 Å². The number of benzene rings is 2. The lowest BCUT2D eigenvalue weighted by Gasteiger charge is -2.04. The Labute approximate surface area is 127 Å². The first kappa shape index (κ1) is 13.8. The second-order valence-corrected chi connectivity index (χ2v) is 5.67. The van der Waals surface area contributed by atoms with Crippen molar-refractivity contribution in [2.45, 2.75) is 11.4 Å². The number of hydrogen-bond donors (Lipinski definition) is 0. The van der Waals surface area contributed by atoms with Crippen LogP contribution in [-0.2, 0) is 0 Å². The molecule has 0 saturated heterocycles. The molecule has 3 rings (SSSR count). The van der Waals surface area contributed by atoms with Crippen LogP contribution in [0.25, 0.3) is 10.9 Å². The van der Waals surface area contributed by atoms with E-state index in [1.807, 2.05) is 54.6 Å². The molecule has 0 aliphatic carbocycles. The summed E-state index contributed by atoms with van der Waals surface area (Å²) < 4.78 is 0. The number of thioether (sulfide) groups is 1. The molecule has 1 heterocycles. The van der Waals surface area contributed by atoms with Crippen molar-refractivity contribution in [3.63, 3.8) is 0 Å². The van der Waals surface area contributed by atoms with E-state index in [1.54, 1.807) is 18.1 Å². The molecule has 0 unspecified atom stereocenters. The molecule has 3 aromatic rings. The van der Waals surface area contributed by atoms with Crippen molar-refractivity contribution >= 4 is 28.4 Å². The highest BCUT2D eigenvalue weighted by Crippen LogP contribution is 2.24. The number of carbonyl (C=O) groups excluding carboxylic acids is 1. The van der Waals surface area contributed by atoms with E-state index in [1.165, 1.54) is 0 Å². The molecule has 1 aromatic heterocycles. The Bertz CT molecular complexity index is 754. The number of aromatic nitrogens is 2. The molecule has 0 aliphatic heterocycles. The quantitative estimate of drug-likeness (QED) is 0.405. The third kappa shape index (κ3) is 3.28. The van der Waals surface area contributed by atoms with Gasteiger partial charge in [-0.1, -0.05) is 48.5 Å². The maximum atomic E-state index is 12.1. The second kappa shape index (κ2) is 6.50. The van der Waals surface area contributed by atoms with Gasteiger partial charge in [0, 0.05) is 23.1 Å². The van der Waals surface area contributed by atoms with Gasteiger partial charge in [-0.25, -0.2) is 9.97 Å². The Morgan fingerprint density at radius 3 is 2.57 bits per heavy atom. The van der Waals surface area contributed by atoms with Crippen molar-refractivity contribution in [1.82, 2.24) is 9.97 Å². The van der Waals surface area contributed by atoms with Crippen molar-refractivity contribution in [2.75, 3.05) is 5.75 Å². The summed E-state index contributed by atoms with van der Waals surface area (Å²) in [5.41, 5.74) is 1.70. The third-order valence-electron chi connectivity index (χ3n) is 3.17. The van der Waals surface area contributed by atoms with E-state index in [0.29, 0.717) is 12.2 Å². The monoisotopic (exact) mass is 294 g/mol. The zero-order chi connectivity index (χ0) is 14.5. The molecule has 0 spiro atoms. The molecular formula is C17H14N2OS. The van der Waals surface area contributed by atoms with E-state index in [0.717, 1.165) is 21.5 Å². The predicted molar refractivity (Wildman–Crippen MR) is 85.7 cm³/mol. The summed E-state index contributed by atoms with van der Waals surface area (Å²) >= 11 is 1.60. The van der Waals surface area contributed by atoms with Gasteiger partial charge in [-0.2, -0.15) is 0 Å². The Kier molecular flexibility index (Phi) is 4.26. The van der Waals surface area contributed by atoms with Crippen LogP contribution in [0.3, 0.4) is 0 Å². The van der Waals surface area contributed by atoms with Gasteiger partial charge in [-0.15, -0.1) is 11.8 Å². The maximum absolute atomic E-state index is 12.1. The van der Waals surface area contributed by atoms with Gasteiger partial charge in [0.05, 0.1) is 5.52 Å². The largest absolute Gasteiger partial charge is 0.294 e. The summed E-state index contributed by atoms with van der Waals surface area (Å²) in [7, 11) is 0. The second-order valence-electron chi connectivity index (χ2n) is 4.58. The average Bonchev–Trinajstić information content (AvgIpc) is 2.56. The molecule has 104 valence electrons. The van der Waals surface area contributed by atoms with E-state index in [2.05, 4.69) is 9.97 Å². The minimum Gasteiger partial charge on any atom is -0.294 e. The molecule has 4 heteroatoms. The van der Waals surface area contributed by atoms with Gasteiger partial charge in [0.2, 0.25) is 0 Å². The van der Waals surface area contributed by atoms with Crippen LogP contribution in [0.4, 0.5) is 0 Å². The Morgan fingerprint density at radius 2 is 1.71 bits per heavy atom. The summed E-state index contributed by atoms with van der Waals surface area (Å²) in [6.45, 7) is 0. The summed E-state index contributed by atoms with van der Waals surface area (Å²) in [5, 5.41) is 1.97. The van der Waals surface area contributed by atoms with Crippen molar-refractivity contribution in [2.24, 2.45) is 0 Å². The first-order valence-electron chi connectivity index (χ1n) is 6.75. The van der Waals surface area contributed by atoms with E-state index >= 15 is 0 Å². The Morgan fingerprint density at radius 1 is 0.952 bits per heavy atom. The standard InChI is InChI=1S/C17H14N2OS/c20-16(13-6-2-1-3-7-13)10-11-21-17-14-8-4-5-9-15(14)18-12-19-17/h1-9,12H,10-11H2.